The average molecular weight is 433 g/mol. The van der Waals surface area contributed by atoms with Crippen LogP contribution in [-0.4, -0.2) is 27.4 Å². The highest BCUT2D eigenvalue weighted by Gasteiger charge is 2.18. The Morgan fingerprint density at radius 3 is 2.44 bits per heavy atom. The molecule has 0 spiro atoms. The van der Waals surface area contributed by atoms with E-state index in [-0.39, 0.29) is 42.8 Å². The van der Waals surface area contributed by atoms with Crippen molar-refractivity contribution in [2.45, 2.75) is 57.5 Å². The summed E-state index contributed by atoms with van der Waals surface area (Å²) in [5, 5.41) is 5.89. The third kappa shape index (κ3) is 5.41. The molecule has 1 fully saturated rings. The molecule has 0 atom stereocenters. The lowest BCUT2D eigenvalue weighted by atomic mass is 9.95. The number of carbonyl (C=O) groups excluding carboxylic acids is 2. The van der Waals surface area contributed by atoms with Gasteiger partial charge in [0.1, 0.15) is 12.2 Å². The Kier molecular flexibility index (Phi) is 6.94. The van der Waals surface area contributed by atoms with Crippen LogP contribution in [0.15, 0.2) is 59.4 Å². The Hall–Kier alpha value is -3.48. The summed E-state index contributed by atoms with van der Waals surface area (Å²) in [6.07, 6.45) is 5.99. The summed E-state index contributed by atoms with van der Waals surface area (Å²) < 4.78 is 1.44. The van der Waals surface area contributed by atoms with Crippen LogP contribution in [0, 0.1) is 0 Å². The first kappa shape index (κ1) is 21.7. The number of amides is 2. The Bertz CT molecular complexity index is 1150. The van der Waals surface area contributed by atoms with Gasteiger partial charge in [-0.05, 0) is 37.1 Å². The number of aryl methyl sites for hydroxylation is 1. The van der Waals surface area contributed by atoms with Crippen LogP contribution < -0.4 is 16.2 Å². The summed E-state index contributed by atoms with van der Waals surface area (Å²) >= 11 is 0. The van der Waals surface area contributed by atoms with Crippen molar-refractivity contribution in [1.82, 2.24) is 14.9 Å². The SMILES string of the molecule is O=C(Cn1c(=O)c(CCC(=O)NC2CCCCC2)nc2ccccc21)Nc1ccccc1. The molecule has 2 aromatic carbocycles. The van der Waals surface area contributed by atoms with Crippen molar-refractivity contribution in [2.24, 2.45) is 0 Å². The fourth-order valence-corrected chi connectivity index (χ4v) is 4.21. The lowest BCUT2D eigenvalue weighted by Crippen LogP contribution is -2.37. The Balaban J connectivity index is 1.50. The van der Waals surface area contributed by atoms with Crippen LogP contribution in [0.2, 0.25) is 0 Å². The van der Waals surface area contributed by atoms with Crippen LogP contribution in [0.4, 0.5) is 5.69 Å². The summed E-state index contributed by atoms with van der Waals surface area (Å²) in [6.45, 7) is -0.127. The van der Waals surface area contributed by atoms with E-state index in [1.165, 1.54) is 11.0 Å². The van der Waals surface area contributed by atoms with Crippen LogP contribution in [0.3, 0.4) is 0 Å². The fourth-order valence-electron chi connectivity index (χ4n) is 4.21. The van der Waals surface area contributed by atoms with Gasteiger partial charge >= 0.3 is 0 Å². The smallest absolute Gasteiger partial charge is 0.273 e. The topological polar surface area (TPSA) is 93.1 Å². The molecular formula is C25H28N4O3. The van der Waals surface area contributed by atoms with Crippen molar-refractivity contribution >= 4 is 28.5 Å². The van der Waals surface area contributed by atoms with Crippen molar-refractivity contribution in [3.05, 3.63) is 70.6 Å². The van der Waals surface area contributed by atoms with Crippen LogP contribution in [0.25, 0.3) is 11.0 Å². The number of rotatable bonds is 7. The van der Waals surface area contributed by atoms with Gasteiger partial charge in [0.25, 0.3) is 5.56 Å². The monoisotopic (exact) mass is 432 g/mol. The summed E-state index contributed by atoms with van der Waals surface area (Å²) in [7, 11) is 0. The molecule has 3 aromatic rings. The van der Waals surface area contributed by atoms with Crippen molar-refractivity contribution in [1.29, 1.82) is 0 Å². The molecule has 2 N–H and O–H groups in total. The van der Waals surface area contributed by atoms with E-state index in [2.05, 4.69) is 15.6 Å². The van der Waals surface area contributed by atoms with Gasteiger partial charge in [-0.2, -0.15) is 0 Å². The second-order valence-corrected chi connectivity index (χ2v) is 8.26. The molecule has 2 amide bonds. The van der Waals surface area contributed by atoms with E-state index >= 15 is 0 Å². The maximum absolute atomic E-state index is 13.2. The predicted molar refractivity (Wildman–Crippen MR) is 124 cm³/mol. The molecule has 0 bridgehead atoms. The fraction of sp³-hybridized carbons (Fsp3) is 0.360. The molecule has 4 rings (SSSR count). The highest BCUT2D eigenvalue weighted by Crippen LogP contribution is 2.17. The van der Waals surface area contributed by atoms with Gasteiger partial charge in [-0.3, -0.25) is 19.0 Å². The number of aromatic nitrogens is 2. The Labute approximate surface area is 186 Å². The minimum Gasteiger partial charge on any atom is -0.353 e. The highest BCUT2D eigenvalue weighted by molar-refractivity contribution is 5.91. The van der Waals surface area contributed by atoms with E-state index in [0.29, 0.717) is 22.4 Å². The van der Waals surface area contributed by atoms with Crippen LogP contribution in [0.5, 0.6) is 0 Å². The number of hydrogen-bond donors (Lipinski definition) is 2. The molecule has 7 nitrogen and oxygen atoms in total. The van der Waals surface area contributed by atoms with Crippen molar-refractivity contribution < 1.29 is 9.59 Å². The van der Waals surface area contributed by atoms with Gasteiger partial charge in [0.2, 0.25) is 11.8 Å². The van der Waals surface area contributed by atoms with Gasteiger partial charge in [0.05, 0.1) is 11.0 Å². The van der Waals surface area contributed by atoms with E-state index in [0.717, 1.165) is 25.7 Å². The Morgan fingerprint density at radius 1 is 0.938 bits per heavy atom. The van der Waals surface area contributed by atoms with Crippen LogP contribution >= 0.6 is 0 Å². The molecule has 1 saturated carbocycles. The first-order valence-electron chi connectivity index (χ1n) is 11.2. The molecule has 1 aliphatic rings. The van der Waals surface area contributed by atoms with E-state index in [1.807, 2.05) is 36.4 Å². The maximum atomic E-state index is 13.2. The minimum atomic E-state index is -0.336. The molecule has 1 aromatic heterocycles. The highest BCUT2D eigenvalue weighted by atomic mass is 16.2. The summed E-state index contributed by atoms with van der Waals surface area (Å²) in [5.74, 6) is -0.352. The van der Waals surface area contributed by atoms with Gasteiger partial charge in [-0.1, -0.05) is 49.6 Å². The lowest BCUT2D eigenvalue weighted by molar-refractivity contribution is -0.122. The summed E-state index contributed by atoms with van der Waals surface area (Å²) in [6, 6.07) is 16.6. The van der Waals surface area contributed by atoms with E-state index in [9.17, 15) is 14.4 Å². The number of para-hydroxylation sites is 3. The molecule has 1 heterocycles. The Morgan fingerprint density at radius 2 is 1.66 bits per heavy atom. The zero-order chi connectivity index (χ0) is 22.3. The lowest BCUT2D eigenvalue weighted by Gasteiger charge is -2.22. The van der Waals surface area contributed by atoms with Crippen LogP contribution in [0.1, 0.15) is 44.2 Å². The molecule has 1 aliphatic carbocycles. The van der Waals surface area contributed by atoms with Gasteiger partial charge in [-0.15, -0.1) is 0 Å². The number of carbonyl (C=O) groups is 2. The maximum Gasteiger partial charge on any atom is 0.273 e. The second kappa shape index (κ2) is 10.2. The number of hydrogen-bond acceptors (Lipinski definition) is 4. The van der Waals surface area contributed by atoms with E-state index in [1.54, 1.807) is 18.2 Å². The first-order valence-corrected chi connectivity index (χ1v) is 11.2. The van der Waals surface area contributed by atoms with Gasteiger partial charge in [-0.25, -0.2) is 4.98 Å². The quantitative estimate of drug-likeness (QED) is 0.598. The van der Waals surface area contributed by atoms with Gasteiger partial charge < -0.3 is 10.6 Å². The van der Waals surface area contributed by atoms with Gasteiger partial charge in [0.15, 0.2) is 0 Å². The molecule has 0 saturated heterocycles. The van der Waals surface area contributed by atoms with Crippen molar-refractivity contribution in [3.8, 4) is 0 Å². The molecule has 0 aliphatic heterocycles. The minimum absolute atomic E-state index is 0.0559. The number of nitrogens with one attached hydrogen (secondary N) is 2. The summed E-state index contributed by atoms with van der Waals surface area (Å²) in [4.78, 5) is 42.7. The molecule has 0 unspecified atom stereocenters. The number of benzene rings is 2. The summed E-state index contributed by atoms with van der Waals surface area (Å²) in [5.41, 5.74) is 1.86. The molecule has 0 radical (unpaired) electrons. The van der Waals surface area contributed by atoms with E-state index in [4.69, 9.17) is 0 Å². The molecule has 32 heavy (non-hydrogen) atoms. The molecule has 7 heteroatoms. The second-order valence-electron chi connectivity index (χ2n) is 8.26. The number of fused-ring (bicyclic) bond motifs is 1. The largest absolute Gasteiger partial charge is 0.353 e. The number of anilines is 1. The predicted octanol–water partition coefficient (Wildman–Crippen LogP) is 3.42. The third-order valence-electron chi connectivity index (χ3n) is 5.84. The number of nitrogens with zero attached hydrogens (tertiary/aromatic N) is 2. The molecule has 166 valence electrons. The third-order valence-corrected chi connectivity index (χ3v) is 5.84. The average Bonchev–Trinajstić information content (AvgIpc) is 2.81. The first-order chi connectivity index (χ1) is 15.6. The van der Waals surface area contributed by atoms with Crippen molar-refractivity contribution in [3.63, 3.8) is 0 Å². The normalized spacial score (nSPS) is 14.2. The van der Waals surface area contributed by atoms with Crippen LogP contribution in [-0.2, 0) is 22.6 Å². The zero-order valence-corrected chi connectivity index (χ0v) is 18.0. The van der Waals surface area contributed by atoms with Gasteiger partial charge in [0, 0.05) is 24.6 Å². The standard InChI is InChI=1S/C25H28N4O3/c30-23(26-18-9-3-1-4-10-18)16-15-21-25(32)29(22-14-8-7-13-20(22)28-21)17-24(31)27-19-11-5-2-6-12-19/h2,5-8,11-14,18H,1,3-4,9-10,15-17H2,(H,26,30)(H,27,31). The van der Waals surface area contributed by atoms with E-state index < -0.39 is 0 Å². The zero-order valence-electron chi connectivity index (χ0n) is 18.0. The molecular weight excluding hydrogens is 404 g/mol. The van der Waals surface area contributed by atoms with Crippen molar-refractivity contribution in [2.75, 3.05) is 5.32 Å².